The molecule has 1 atom stereocenters. The molecular weight excluding hydrogens is 302 g/mol. The lowest BCUT2D eigenvalue weighted by molar-refractivity contribution is 0.128. The standard InChI is InChI=1S/C12H16BrNO4/c1-16-6-9(5-15)14-4-8-2-11-12(3-10(8)13)18-7-17-11/h2-3,9,14-15H,4-7H2,1H3. The van der Waals surface area contributed by atoms with E-state index < -0.39 is 0 Å². The maximum Gasteiger partial charge on any atom is 0.231 e. The summed E-state index contributed by atoms with van der Waals surface area (Å²) >= 11 is 3.49. The molecule has 1 aliphatic heterocycles. The van der Waals surface area contributed by atoms with Crippen LogP contribution in [-0.4, -0.2) is 38.3 Å². The second-order valence-corrected chi connectivity index (χ2v) is 4.87. The van der Waals surface area contributed by atoms with Crippen molar-refractivity contribution >= 4 is 15.9 Å². The van der Waals surface area contributed by atoms with E-state index in [9.17, 15) is 0 Å². The molecule has 6 heteroatoms. The maximum absolute atomic E-state index is 9.16. The molecule has 0 bridgehead atoms. The van der Waals surface area contributed by atoms with Crippen molar-refractivity contribution < 1.29 is 19.3 Å². The van der Waals surface area contributed by atoms with Gasteiger partial charge in [-0.15, -0.1) is 0 Å². The lowest BCUT2D eigenvalue weighted by Gasteiger charge is -2.16. The zero-order valence-corrected chi connectivity index (χ0v) is 11.7. The van der Waals surface area contributed by atoms with E-state index in [-0.39, 0.29) is 19.4 Å². The van der Waals surface area contributed by atoms with Gasteiger partial charge in [0.2, 0.25) is 6.79 Å². The number of hydrogen-bond donors (Lipinski definition) is 2. The van der Waals surface area contributed by atoms with Gasteiger partial charge in [-0.3, -0.25) is 0 Å². The molecule has 18 heavy (non-hydrogen) atoms. The summed E-state index contributed by atoms with van der Waals surface area (Å²) in [6, 6.07) is 3.75. The van der Waals surface area contributed by atoms with E-state index in [1.54, 1.807) is 7.11 Å². The monoisotopic (exact) mass is 317 g/mol. The van der Waals surface area contributed by atoms with Crippen LogP contribution in [0.15, 0.2) is 16.6 Å². The van der Waals surface area contributed by atoms with Gasteiger partial charge in [0, 0.05) is 18.1 Å². The highest BCUT2D eigenvalue weighted by atomic mass is 79.9. The fraction of sp³-hybridized carbons (Fsp3) is 0.500. The van der Waals surface area contributed by atoms with Gasteiger partial charge >= 0.3 is 0 Å². The van der Waals surface area contributed by atoms with Crippen molar-refractivity contribution in [3.63, 3.8) is 0 Å². The third-order valence-electron chi connectivity index (χ3n) is 2.71. The molecule has 5 nitrogen and oxygen atoms in total. The van der Waals surface area contributed by atoms with Crippen LogP contribution in [0.2, 0.25) is 0 Å². The molecule has 0 aliphatic carbocycles. The molecule has 0 saturated carbocycles. The van der Waals surface area contributed by atoms with E-state index in [4.69, 9.17) is 19.3 Å². The summed E-state index contributed by atoms with van der Waals surface area (Å²) in [7, 11) is 1.61. The van der Waals surface area contributed by atoms with Crippen LogP contribution in [0.5, 0.6) is 11.5 Å². The van der Waals surface area contributed by atoms with Crippen LogP contribution >= 0.6 is 15.9 Å². The molecular formula is C12H16BrNO4. The highest BCUT2D eigenvalue weighted by molar-refractivity contribution is 9.10. The largest absolute Gasteiger partial charge is 0.454 e. The summed E-state index contributed by atoms with van der Waals surface area (Å²) in [4.78, 5) is 0. The Morgan fingerprint density at radius 3 is 2.83 bits per heavy atom. The molecule has 2 rings (SSSR count). The molecule has 1 aliphatic rings. The Bertz CT molecular complexity index is 413. The van der Waals surface area contributed by atoms with Crippen LogP contribution in [0.3, 0.4) is 0 Å². The zero-order chi connectivity index (χ0) is 13.0. The number of aliphatic hydroxyl groups excluding tert-OH is 1. The lowest BCUT2D eigenvalue weighted by Crippen LogP contribution is -2.35. The van der Waals surface area contributed by atoms with E-state index in [1.165, 1.54) is 0 Å². The van der Waals surface area contributed by atoms with Gasteiger partial charge in [-0.25, -0.2) is 0 Å². The molecule has 1 heterocycles. The maximum atomic E-state index is 9.16. The first-order valence-corrected chi connectivity index (χ1v) is 6.45. The van der Waals surface area contributed by atoms with Crippen LogP contribution in [0.4, 0.5) is 0 Å². The van der Waals surface area contributed by atoms with Crippen molar-refractivity contribution in [3.8, 4) is 11.5 Å². The molecule has 0 fully saturated rings. The molecule has 0 amide bonds. The summed E-state index contributed by atoms with van der Waals surface area (Å²) in [6.07, 6.45) is 0. The second-order valence-electron chi connectivity index (χ2n) is 4.01. The van der Waals surface area contributed by atoms with Gasteiger partial charge in [0.1, 0.15) is 0 Å². The van der Waals surface area contributed by atoms with Crippen LogP contribution in [-0.2, 0) is 11.3 Å². The molecule has 2 N–H and O–H groups in total. The summed E-state index contributed by atoms with van der Waals surface area (Å²) in [6.45, 7) is 1.39. The minimum Gasteiger partial charge on any atom is -0.454 e. The number of halogens is 1. The molecule has 1 aromatic carbocycles. The van der Waals surface area contributed by atoms with E-state index in [0.717, 1.165) is 21.5 Å². The minimum absolute atomic E-state index is 0.0377. The van der Waals surface area contributed by atoms with Crippen molar-refractivity contribution in [2.75, 3.05) is 27.1 Å². The SMILES string of the molecule is COCC(CO)NCc1cc2c(cc1Br)OCO2. The van der Waals surface area contributed by atoms with Crippen LogP contribution in [0, 0.1) is 0 Å². The summed E-state index contributed by atoms with van der Waals surface area (Å²) < 4.78 is 16.6. The number of fused-ring (bicyclic) bond motifs is 1. The Morgan fingerprint density at radius 2 is 2.17 bits per heavy atom. The fourth-order valence-corrected chi connectivity index (χ4v) is 2.19. The van der Waals surface area contributed by atoms with Gasteiger partial charge in [-0.2, -0.15) is 0 Å². The van der Waals surface area contributed by atoms with Crippen LogP contribution in [0.1, 0.15) is 5.56 Å². The first-order chi connectivity index (χ1) is 8.74. The predicted molar refractivity (Wildman–Crippen MR) is 69.9 cm³/mol. The number of nitrogens with one attached hydrogen (secondary N) is 1. The van der Waals surface area contributed by atoms with Crippen molar-refractivity contribution in [1.82, 2.24) is 5.32 Å². The topological polar surface area (TPSA) is 60.0 Å². The second kappa shape index (κ2) is 6.38. The first kappa shape index (κ1) is 13.6. The fourth-order valence-electron chi connectivity index (χ4n) is 1.73. The van der Waals surface area contributed by atoms with Gasteiger partial charge in [0.25, 0.3) is 0 Å². The quantitative estimate of drug-likeness (QED) is 0.827. The summed E-state index contributed by atoms with van der Waals surface area (Å²) in [5.41, 5.74) is 1.05. The highest BCUT2D eigenvalue weighted by Gasteiger charge is 2.16. The predicted octanol–water partition coefficient (Wildman–Crippen LogP) is 1.27. The van der Waals surface area contributed by atoms with E-state index >= 15 is 0 Å². The molecule has 100 valence electrons. The van der Waals surface area contributed by atoms with Gasteiger partial charge in [-0.1, -0.05) is 15.9 Å². The normalized spacial score (nSPS) is 14.8. The molecule has 1 unspecified atom stereocenters. The lowest BCUT2D eigenvalue weighted by atomic mass is 10.2. The van der Waals surface area contributed by atoms with Crippen molar-refractivity contribution in [3.05, 3.63) is 22.2 Å². The molecule has 0 aromatic heterocycles. The van der Waals surface area contributed by atoms with Crippen molar-refractivity contribution in [1.29, 1.82) is 0 Å². The van der Waals surface area contributed by atoms with Gasteiger partial charge < -0.3 is 24.6 Å². The van der Waals surface area contributed by atoms with Crippen molar-refractivity contribution in [2.45, 2.75) is 12.6 Å². The van der Waals surface area contributed by atoms with Crippen LogP contribution < -0.4 is 14.8 Å². The van der Waals surface area contributed by atoms with Gasteiger partial charge in [-0.05, 0) is 17.7 Å². The van der Waals surface area contributed by atoms with E-state index in [0.29, 0.717) is 13.2 Å². The average Bonchev–Trinajstić information content (AvgIpc) is 2.81. The highest BCUT2D eigenvalue weighted by Crippen LogP contribution is 2.36. The Balaban J connectivity index is 2.01. The minimum atomic E-state index is -0.0766. The third kappa shape index (κ3) is 3.14. The number of benzene rings is 1. The third-order valence-corrected chi connectivity index (χ3v) is 3.45. The Labute approximate surface area is 114 Å². The van der Waals surface area contributed by atoms with Crippen molar-refractivity contribution in [2.24, 2.45) is 0 Å². The van der Waals surface area contributed by atoms with E-state index in [2.05, 4.69) is 21.2 Å². The number of aliphatic hydroxyl groups is 1. The first-order valence-electron chi connectivity index (χ1n) is 5.65. The molecule has 0 saturated heterocycles. The van der Waals surface area contributed by atoms with Gasteiger partial charge in [0.15, 0.2) is 11.5 Å². The molecule has 0 radical (unpaired) electrons. The number of ether oxygens (including phenoxy) is 3. The Hall–Kier alpha value is -0.820. The number of methoxy groups -OCH3 is 1. The average molecular weight is 318 g/mol. The zero-order valence-electron chi connectivity index (χ0n) is 10.1. The molecule has 0 spiro atoms. The van der Waals surface area contributed by atoms with Gasteiger partial charge in [0.05, 0.1) is 19.3 Å². The Kier molecular flexibility index (Phi) is 4.82. The summed E-state index contributed by atoms with van der Waals surface area (Å²) in [5, 5.41) is 12.4. The summed E-state index contributed by atoms with van der Waals surface area (Å²) in [5.74, 6) is 1.50. The molecule has 1 aromatic rings. The Morgan fingerprint density at radius 1 is 1.44 bits per heavy atom. The van der Waals surface area contributed by atoms with E-state index in [1.807, 2.05) is 12.1 Å². The smallest absolute Gasteiger partial charge is 0.231 e. The number of rotatable bonds is 6. The number of hydrogen-bond acceptors (Lipinski definition) is 5. The van der Waals surface area contributed by atoms with Crippen LogP contribution in [0.25, 0.3) is 0 Å².